The number of nitrogens with zero attached hydrogens (tertiary/aromatic N) is 2. The van der Waals surface area contributed by atoms with Gasteiger partial charge in [0, 0.05) is 6.04 Å². The average molecular weight is 324 g/mol. The maximum atomic E-state index is 12.5. The quantitative estimate of drug-likeness (QED) is 0.871. The zero-order valence-electron chi connectivity index (χ0n) is 14.3. The molecule has 0 saturated heterocycles. The van der Waals surface area contributed by atoms with E-state index in [-0.39, 0.29) is 11.9 Å². The van der Waals surface area contributed by atoms with Gasteiger partial charge in [-0.05, 0) is 44.4 Å². The molecule has 0 aliphatic heterocycles. The Balaban J connectivity index is 1.95. The molecule has 1 saturated carbocycles. The van der Waals surface area contributed by atoms with Crippen LogP contribution in [0.1, 0.15) is 63.1 Å². The molecule has 5 heteroatoms. The van der Waals surface area contributed by atoms with Crippen LogP contribution in [0.5, 0.6) is 0 Å². The molecule has 24 heavy (non-hydrogen) atoms. The summed E-state index contributed by atoms with van der Waals surface area (Å²) >= 11 is 0. The molecule has 1 amide bonds. The van der Waals surface area contributed by atoms with Gasteiger partial charge in [-0.2, -0.15) is 10.5 Å². The van der Waals surface area contributed by atoms with Gasteiger partial charge in [-0.3, -0.25) is 10.1 Å². The number of carbonyl (C=O) groups is 1. The fourth-order valence-electron chi connectivity index (χ4n) is 3.16. The third-order valence-corrected chi connectivity index (χ3v) is 4.72. The molecule has 0 unspecified atom stereocenters. The molecule has 0 heterocycles. The summed E-state index contributed by atoms with van der Waals surface area (Å²) in [5.41, 5.74) is 0.925. The predicted octanol–water partition coefficient (Wildman–Crippen LogP) is 2.94. The summed E-state index contributed by atoms with van der Waals surface area (Å²) in [6.45, 7) is 3.79. The van der Waals surface area contributed by atoms with Crippen LogP contribution in [0.3, 0.4) is 0 Å². The van der Waals surface area contributed by atoms with Crippen molar-refractivity contribution in [3.63, 3.8) is 0 Å². The van der Waals surface area contributed by atoms with Crippen LogP contribution in [0.4, 0.5) is 0 Å². The zero-order chi connectivity index (χ0) is 17.6. The Morgan fingerprint density at radius 3 is 2.29 bits per heavy atom. The van der Waals surface area contributed by atoms with Gasteiger partial charge in [-0.25, -0.2) is 0 Å². The highest BCUT2D eigenvalue weighted by atomic mass is 16.2. The van der Waals surface area contributed by atoms with Crippen LogP contribution in [-0.4, -0.2) is 17.5 Å². The maximum absolute atomic E-state index is 12.5. The molecule has 2 N–H and O–H groups in total. The molecule has 0 spiro atoms. The van der Waals surface area contributed by atoms with Crippen molar-refractivity contribution in [2.75, 3.05) is 0 Å². The van der Waals surface area contributed by atoms with Crippen molar-refractivity contribution in [1.82, 2.24) is 10.6 Å². The maximum Gasteiger partial charge on any atom is 0.238 e. The number of nitriles is 2. The summed E-state index contributed by atoms with van der Waals surface area (Å²) in [6, 6.07) is 11.3. The standard InChI is InChI=1S/C19H24N4O/c1-14(17-8-6-16(12-20)7-9-17)22-15(2)18(24)23-19(13-21)10-4-3-5-11-19/h6-9,14-15,22H,3-5,10-11H2,1-2H3,(H,23,24)/t14-,15-/m0/s1. The molecule has 0 bridgehead atoms. The molecule has 126 valence electrons. The van der Waals surface area contributed by atoms with Crippen molar-refractivity contribution < 1.29 is 4.79 Å². The van der Waals surface area contributed by atoms with Gasteiger partial charge in [-0.1, -0.05) is 31.4 Å². The second kappa shape index (κ2) is 7.95. The van der Waals surface area contributed by atoms with E-state index in [0.717, 1.165) is 37.7 Å². The van der Waals surface area contributed by atoms with Crippen LogP contribution in [-0.2, 0) is 4.79 Å². The Labute approximate surface area is 143 Å². The molecule has 2 atom stereocenters. The zero-order valence-corrected chi connectivity index (χ0v) is 14.3. The second-order valence-corrected chi connectivity index (χ2v) is 6.59. The van der Waals surface area contributed by atoms with Gasteiger partial charge in [0.2, 0.25) is 5.91 Å². The van der Waals surface area contributed by atoms with E-state index < -0.39 is 11.6 Å². The predicted molar refractivity (Wildman–Crippen MR) is 91.7 cm³/mol. The first-order chi connectivity index (χ1) is 11.5. The minimum absolute atomic E-state index is 0.0251. The molecular formula is C19H24N4O. The van der Waals surface area contributed by atoms with Crippen LogP contribution in [0.2, 0.25) is 0 Å². The van der Waals surface area contributed by atoms with E-state index in [9.17, 15) is 10.1 Å². The largest absolute Gasteiger partial charge is 0.336 e. The van der Waals surface area contributed by atoms with Crippen LogP contribution >= 0.6 is 0 Å². The first-order valence-corrected chi connectivity index (χ1v) is 8.49. The number of hydrogen-bond acceptors (Lipinski definition) is 4. The molecule has 5 nitrogen and oxygen atoms in total. The van der Waals surface area contributed by atoms with Crippen molar-refractivity contribution >= 4 is 5.91 Å². The monoisotopic (exact) mass is 324 g/mol. The minimum Gasteiger partial charge on any atom is -0.336 e. The Kier molecular flexibility index (Phi) is 5.95. The number of benzene rings is 1. The number of hydrogen-bond donors (Lipinski definition) is 2. The highest BCUT2D eigenvalue weighted by Gasteiger charge is 2.34. The molecule has 2 rings (SSSR count). The fraction of sp³-hybridized carbons (Fsp3) is 0.526. The van der Waals surface area contributed by atoms with Crippen molar-refractivity contribution in [3.05, 3.63) is 35.4 Å². The number of nitrogens with one attached hydrogen (secondary N) is 2. The van der Waals surface area contributed by atoms with E-state index in [4.69, 9.17) is 5.26 Å². The van der Waals surface area contributed by atoms with Crippen LogP contribution in [0.15, 0.2) is 24.3 Å². The molecule has 1 aliphatic rings. The summed E-state index contributed by atoms with van der Waals surface area (Å²) in [7, 11) is 0. The summed E-state index contributed by atoms with van der Waals surface area (Å²) in [5.74, 6) is -0.140. The van der Waals surface area contributed by atoms with E-state index in [1.807, 2.05) is 26.0 Å². The van der Waals surface area contributed by atoms with E-state index in [1.165, 1.54) is 0 Å². The van der Waals surface area contributed by atoms with Gasteiger partial charge >= 0.3 is 0 Å². The van der Waals surface area contributed by atoms with Gasteiger partial charge in [0.05, 0.1) is 23.7 Å². The van der Waals surface area contributed by atoms with E-state index in [2.05, 4.69) is 22.8 Å². The lowest BCUT2D eigenvalue weighted by molar-refractivity contribution is -0.124. The normalized spacial score (nSPS) is 18.7. The summed E-state index contributed by atoms with van der Waals surface area (Å²) < 4.78 is 0. The third-order valence-electron chi connectivity index (χ3n) is 4.72. The Morgan fingerprint density at radius 2 is 1.75 bits per heavy atom. The highest BCUT2D eigenvalue weighted by molar-refractivity contribution is 5.82. The molecule has 1 aliphatic carbocycles. The lowest BCUT2D eigenvalue weighted by Gasteiger charge is -2.33. The van der Waals surface area contributed by atoms with Gasteiger partial charge < -0.3 is 5.32 Å². The average Bonchev–Trinajstić information content (AvgIpc) is 2.62. The smallest absolute Gasteiger partial charge is 0.238 e. The highest BCUT2D eigenvalue weighted by Crippen LogP contribution is 2.27. The minimum atomic E-state index is -0.705. The molecule has 1 fully saturated rings. The Hall–Kier alpha value is -2.37. The lowest BCUT2D eigenvalue weighted by Crippen LogP contribution is -2.54. The van der Waals surface area contributed by atoms with Crippen LogP contribution < -0.4 is 10.6 Å². The first kappa shape index (κ1) is 18.0. The summed E-state index contributed by atoms with van der Waals surface area (Å²) in [6.07, 6.45) is 4.55. The fourth-order valence-corrected chi connectivity index (χ4v) is 3.16. The van der Waals surface area contributed by atoms with Crippen LogP contribution in [0, 0.1) is 22.7 Å². The summed E-state index contributed by atoms with van der Waals surface area (Å²) in [4.78, 5) is 12.5. The van der Waals surface area contributed by atoms with Crippen LogP contribution in [0.25, 0.3) is 0 Å². The lowest BCUT2D eigenvalue weighted by atomic mass is 9.82. The van der Waals surface area contributed by atoms with E-state index >= 15 is 0 Å². The topological polar surface area (TPSA) is 88.7 Å². The van der Waals surface area contributed by atoms with Crippen molar-refractivity contribution in [2.24, 2.45) is 0 Å². The molecule has 0 radical (unpaired) electrons. The van der Waals surface area contributed by atoms with Crippen molar-refractivity contribution in [2.45, 2.75) is 63.6 Å². The third kappa shape index (κ3) is 4.34. The number of carbonyl (C=O) groups excluding carboxylic acids is 1. The molecule has 0 aromatic heterocycles. The van der Waals surface area contributed by atoms with Gasteiger partial charge in [0.1, 0.15) is 5.54 Å². The summed E-state index contributed by atoms with van der Waals surface area (Å²) in [5, 5.41) is 24.5. The number of rotatable bonds is 5. The first-order valence-electron chi connectivity index (χ1n) is 8.49. The number of amides is 1. The molecule has 1 aromatic carbocycles. The van der Waals surface area contributed by atoms with Crippen molar-refractivity contribution in [3.8, 4) is 12.1 Å². The van der Waals surface area contributed by atoms with E-state index in [1.54, 1.807) is 12.1 Å². The molecular weight excluding hydrogens is 300 g/mol. The van der Waals surface area contributed by atoms with Gasteiger partial charge in [0.15, 0.2) is 0 Å². The van der Waals surface area contributed by atoms with Gasteiger partial charge in [0.25, 0.3) is 0 Å². The van der Waals surface area contributed by atoms with E-state index in [0.29, 0.717) is 5.56 Å². The SMILES string of the molecule is C[C@H](N[C@@H](C)c1ccc(C#N)cc1)C(=O)NC1(C#N)CCCCC1. The van der Waals surface area contributed by atoms with Gasteiger partial charge in [-0.15, -0.1) is 0 Å². The second-order valence-electron chi connectivity index (χ2n) is 6.59. The van der Waals surface area contributed by atoms with Crippen molar-refractivity contribution in [1.29, 1.82) is 10.5 Å². The molecule has 1 aromatic rings. The Morgan fingerprint density at radius 1 is 1.12 bits per heavy atom. The Bertz CT molecular complexity index is 647.